The summed E-state index contributed by atoms with van der Waals surface area (Å²) in [5, 5.41) is 15.2. The fraction of sp³-hybridized carbons (Fsp3) is 0.148. The number of carbonyl (C=O) groups is 1. The minimum Gasteiger partial charge on any atom is -0.493 e. The van der Waals surface area contributed by atoms with E-state index in [9.17, 15) is 23.3 Å². The van der Waals surface area contributed by atoms with E-state index < -0.39 is 14.9 Å². The Morgan fingerprint density at radius 1 is 1.00 bits per heavy atom. The first kappa shape index (κ1) is 26.4. The van der Waals surface area contributed by atoms with Crippen LogP contribution in [0.5, 0.6) is 11.5 Å². The van der Waals surface area contributed by atoms with Gasteiger partial charge in [0.2, 0.25) is 5.91 Å². The van der Waals surface area contributed by atoms with Crippen molar-refractivity contribution >= 4 is 44.7 Å². The number of methoxy groups -OCH3 is 2. The lowest BCUT2D eigenvalue weighted by molar-refractivity contribution is -0.385. The number of nitrogens with zero attached hydrogens (tertiary/aromatic N) is 2. The molecule has 3 aromatic carbocycles. The van der Waals surface area contributed by atoms with Gasteiger partial charge in [0.1, 0.15) is 0 Å². The van der Waals surface area contributed by atoms with Crippen molar-refractivity contribution in [1.29, 1.82) is 0 Å². The van der Waals surface area contributed by atoms with Gasteiger partial charge in [-0.1, -0.05) is 36.4 Å². The number of aromatic nitrogens is 1. The van der Waals surface area contributed by atoms with Crippen LogP contribution in [0, 0.1) is 10.1 Å². The second kappa shape index (κ2) is 10.8. The molecule has 11 heteroatoms. The van der Waals surface area contributed by atoms with Crippen LogP contribution in [0.1, 0.15) is 23.7 Å². The smallest absolute Gasteiger partial charge is 0.280 e. The number of carbonyl (C=O) groups excluding carboxylic acids is 1. The van der Waals surface area contributed by atoms with E-state index in [0.717, 1.165) is 0 Å². The minimum atomic E-state index is -4.09. The van der Waals surface area contributed by atoms with Crippen molar-refractivity contribution in [1.82, 2.24) is 9.29 Å². The van der Waals surface area contributed by atoms with Crippen molar-refractivity contribution in [3.63, 3.8) is 0 Å². The molecule has 38 heavy (non-hydrogen) atoms. The third kappa shape index (κ3) is 4.96. The van der Waals surface area contributed by atoms with Gasteiger partial charge in [0.05, 0.1) is 46.9 Å². The first-order valence-electron chi connectivity index (χ1n) is 11.4. The number of nitrogens with one attached hydrogen (secondary N) is 1. The third-order valence-corrected chi connectivity index (χ3v) is 7.66. The van der Waals surface area contributed by atoms with Gasteiger partial charge < -0.3 is 14.8 Å². The number of nitro benzene ring substituents is 1. The van der Waals surface area contributed by atoms with Gasteiger partial charge in [0.25, 0.3) is 15.7 Å². The summed E-state index contributed by atoms with van der Waals surface area (Å²) in [5.74, 6) is 0.162. The highest BCUT2D eigenvalue weighted by atomic mass is 32.2. The quantitative estimate of drug-likeness (QED) is 0.245. The number of para-hydroxylation sites is 1. The fourth-order valence-corrected chi connectivity index (χ4v) is 5.72. The highest BCUT2D eigenvalue weighted by Gasteiger charge is 2.26. The molecule has 1 heterocycles. The lowest BCUT2D eigenvalue weighted by Crippen LogP contribution is -2.20. The molecular formula is C27H25N3O7S. The Balaban J connectivity index is 2.02. The summed E-state index contributed by atoms with van der Waals surface area (Å²) in [7, 11) is -1.31. The number of amides is 1. The summed E-state index contributed by atoms with van der Waals surface area (Å²) in [6.45, 7) is 1.41. The molecule has 0 unspecified atom stereocenters. The lowest BCUT2D eigenvalue weighted by Gasteiger charge is -2.12. The molecule has 4 rings (SSSR count). The lowest BCUT2D eigenvalue weighted by atomic mass is 10.1. The maximum atomic E-state index is 13.9. The average Bonchev–Trinajstić information content (AvgIpc) is 3.24. The van der Waals surface area contributed by atoms with Gasteiger partial charge in [0.15, 0.2) is 11.5 Å². The van der Waals surface area contributed by atoms with E-state index >= 15 is 0 Å². The maximum absolute atomic E-state index is 13.9. The second-order valence-electron chi connectivity index (χ2n) is 8.23. The van der Waals surface area contributed by atoms with Crippen LogP contribution in [0.2, 0.25) is 0 Å². The standard InChI is InChI=1S/C27H25N3O7S/c1-18(31)28-17-22-21-11-7-8-12-23(21)29(38(34,35)20-9-5-4-6-10-20)24(22)14-13-19-15-26(36-2)27(37-3)16-25(19)30(32)33/h4-16H,17H2,1-3H3,(H,28,31)/b14-13+. The normalized spacial score (nSPS) is 11.6. The topological polar surface area (TPSA) is 130 Å². The first-order valence-corrected chi connectivity index (χ1v) is 12.9. The Morgan fingerprint density at radius 3 is 2.26 bits per heavy atom. The van der Waals surface area contributed by atoms with Gasteiger partial charge in [-0.15, -0.1) is 0 Å². The zero-order chi connectivity index (χ0) is 27.4. The first-order chi connectivity index (χ1) is 18.2. The number of nitro groups is 1. The molecule has 0 aliphatic rings. The van der Waals surface area contributed by atoms with Crippen molar-refractivity contribution in [2.75, 3.05) is 14.2 Å². The molecule has 0 saturated heterocycles. The molecule has 0 atom stereocenters. The van der Waals surface area contributed by atoms with Crippen LogP contribution in [0.15, 0.2) is 71.6 Å². The second-order valence-corrected chi connectivity index (χ2v) is 10.0. The maximum Gasteiger partial charge on any atom is 0.280 e. The van der Waals surface area contributed by atoms with E-state index in [2.05, 4.69) is 5.32 Å². The molecule has 1 N–H and O–H groups in total. The van der Waals surface area contributed by atoms with Crippen molar-refractivity contribution in [2.24, 2.45) is 0 Å². The predicted octanol–water partition coefficient (Wildman–Crippen LogP) is 4.61. The summed E-state index contributed by atoms with van der Waals surface area (Å²) in [6, 6.07) is 17.6. The SMILES string of the molecule is COc1cc(/C=C/c2c(CNC(C)=O)c3ccccc3n2S(=O)(=O)c2ccccc2)c([N+](=O)[O-])cc1OC. The summed E-state index contributed by atoms with van der Waals surface area (Å²) >= 11 is 0. The van der Waals surface area contributed by atoms with E-state index in [-0.39, 0.29) is 45.8 Å². The Morgan fingerprint density at radius 2 is 1.63 bits per heavy atom. The van der Waals surface area contributed by atoms with Crippen molar-refractivity contribution in [3.05, 3.63) is 93.7 Å². The van der Waals surface area contributed by atoms with Crippen LogP contribution >= 0.6 is 0 Å². The number of fused-ring (bicyclic) bond motifs is 1. The van der Waals surface area contributed by atoms with Gasteiger partial charge in [-0.3, -0.25) is 14.9 Å². The van der Waals surface area contributed by atoms with Crippen LogP contribution < -0.4 is 14.8 Å². The Bertz CT molecular complexity index is 1660. The van der Waals surface area contributed by atoms with Gasteiger partial charge in [-0.2, -0.15) is 0 Å². The van der Waals surface area contributed by atoms with Gasteiger partial charge in [0, 0.05) is 24.4 Å². The third-order valence-electron chi connectivity index (χ3n) is 5.92. The Hall–Kier alpha value is -4.64. The van der Waals surface area contributed by atoms with Crippen LogP contribution in [0.25, 0.3) is 23.1 Å². The van der Waals surface area contributed by atoms with Crippen LogP contribution in [-0.2, 0) is 21.4 Å². The van der Waals surface area contributed by atoms with E-state index in [1.165, 1.54) is 61.5 Å². The number of hydrogen-bond acceptors (Lipinski definition) is 7. The number of benzene rings is 3. The fourth-order valence-electron chi connectivity index (χ4n) is 4.16. The monoisotopic (exact) mass is 535 g/mol. The Labute approximate surface area is 219 Å². The molecule has 0 saturated carbocycles. The summed E-state index contributed by atoms with van der Waals surface area (Å²) in [6.07, 6.45) is 2.94. The molecule has 0 aliphatic carbocycles. The molecule has 0 fully saturated rings. The van der Waals surface area contributed by atoms with E-state index in [0.29, 0.717) is 16.5 Å². The van der Waals surface area contributed by atoms with E-state index in [1.807, 2.05) is 0 Å². The van der Waals surface area contributed by atoms with Crippen LogP contribution in [0.3, 0.4) is 0 Å². The van der Waals surface area contributed by atoms with Crippen LogP contribution in [-0.4, -0.2) is 37.4 Å². The predicted molar refractivity (Wildman–Crippen MR) is 144 cm³/mol. The van der Waals surface area contributed by atoms with Gasteiger partial charge in [-0.25, -0.2) is 12.4 Å². The average molecular weight is 536 g/mol. The molecule has 0 radical (unpaired) electrons. The minimum absolute atomic E-state index is 0.0425. The summed E-state index contributed by atoms with van der Waals surface area (Å²) < 4.78 is 39.5. The molecule has 0 bridgehead atoms. The van der Waals surface area contributed by atoms with Gasteiger partial charge >= 0.3 is 0 Å². The molecule has 10 nitrogen and oxygen atoms in total. The number of ether oxygens (including phenoxy) is 2. The summed E-state index contributed by atoms with van der Waals surface area (Å²) in [4.78, 5) is 23.1. The molecule has 1 aromatic heterocycles. The van der Waals surface area contributed by atoms with Crippen LogP contribution in [0.4, 0.5) is 5.69 Å². The molecule has 0 spiro atoms. The van der Waals surface area contributed by atoms with E-state index in [1.54, 1.807) is 42.5 Å². The molecular weight excluding hydrogens is 510 g/mol. The highest BCUT2D eigenvalue weighted by molar-refractivity contribution is 7.90. The molecule has 0 aliphatic heterocycles. The Kier molecular flexibility index (Phi) is 7.49. The molecule has 4 aromatic rings. The van der Waals surface area contributed by atoms with Crippen molar-refractivity contribution < 1.29 is 27.6 Å². The zero-order valence-electron chi connectivity index (χ0n) is 20.9. The van der Waals surface area contributed by atoms with Crippen molar-refractivity contribution in [3.8, 4) is 11.5 Å². The molecule has 196 valence electrons. The summed E-state index contributed by atoms with van der Waals surface area (Å²) in [5.41, 5.74) is 1.10. The zero-order valence-corrected chi connectivity index (χ0v) is 21.7. The van der Waals surface area contributed by atoms with E-state index in [4.69, 9.17) is 9.47 Å². The largest absolute Gasteiger partial charge is 0.493 e. The molecule has 1 amide bonds. The number of rotatable bonds is 9. The number of hydrogen-bond donors (Lipinski definition) is 1. The van der Waals surface area contributed by atoms with Gasteiger partial charge in [-0.05, 0) is 36.4 Å². The highest BCUT2D eigenvalue weighted by Crippen LogP contribution is 2.37. The van der Waals surface area contributed by atoms with Crippen molar-refractivity contribution in [2.45, 2.75) is 18.4 Å².